The molecular weight excluding hydrogens is 500 g/mol. The molecule has 0 bridgehead atoms. The van der Waals surface area contributed by atoms with E-state index in [0.717, 1.165) is 32.2 Å². The first-order valence-corrected chi connectivity index (χ1v) is 12.1. The molecule has 1 aromatic heterocycles. The van der Waals surface area contributed by atoms with Gasteiger partial charge in [0.15, 0.2) is 0 Å². The fraction of sp³-hybridized carbons (Fsp3) is 0.360. The molecule has 34 heavy (non-hydrogen) atoms. The number of aromatic amines is 1. The highest BCUT2D eigenvalue weighted by molar-refractivity contribution is 9.10. The van der Waals surface area contributed by atoms with Gasteiger partial charge in [0.05, 0.1) is 6.61 Å². The number of aromatic hydroxyl groups is 1. The summed E-state index contributed by atoms with van der Waals surface area (Å²) < 4.78 is 5.99. The largest absolute Gasteiger partial charge is 0.508 e. The summed E-state index contributed by atoms with van der Waals surface area (Å²) in [5.41, 5.74) is 2.55. The number of phenolic OH excluding ortho intramolecular Hbond substituents is 1. The number of fused-ring (bicyclic) bond motifs is 4. The van der Waals surface area contributed by atoms with E-state index in [2.05, 4.69) is 26.2 Å². The molecule has 3 N–H and O–H groups in total. The number of hydrogen-bond acceptors (Lipinski definition) is 5. The maximum absolute atomic E-state index is 13.7. The number of amides is 3. The monoisotopic (exact) mass is 526 g/mol. The molecule has 0 spiro atoms. The third-order valence-electron chi connectivity index (χ3n) is 6.81. The number of urea groups is 1. The van der Waals surface area contributed by atoms with Gasteiger partial charge in [-0.05, 0) is 48.4 Å². The van der Waals surface area contributed by atoms with Gasteiger partial charge in [-0.1, -0.05) is 28.1 Å². The maximum Gasteiger partial charge on any atom is 0.328 e. The number of aromatic nitrogens is 1. The van der Waals surface area contributed by atoms with E-state index in [0.29, 0.717) is 26.1 Å². The van der Waals surface area contributed by atoms with Gasteiger partial charge in [0.2, 0.25) is 0 Å². The second-order valence-corrected chi connectivity index (χ2v) is 9.92. The highest BCUT2D eigenvalue weighted by Crippen LogP contribution is 2.49. The summed E-state index contributed by atoms with van der Waals surface area (Å²) >= 11 is 3.56. The molecule has 3 heterocycles. The van der Waals surface area contributed by atoms with Gasteiger partial charge in [-0.2, -0.15) is 0 Å². The van der Waals surface area contributed by atoms with Crippen molar-refractivity contribution in [3.8, 4) is 5.75 Å². The number of methoxy groups -OCH3 is 1. The molecule has 8 nitrogen and oxygen atoms in total. The Morgan fingerprint density at radius 2 is 2.06 bits per heavy atom. The van der Waals surface area contributed by atoms with E-state index in [1.165, 1.54) is 4.90 Å². The van der Waals surface area contributed by atoms with Crippen molar-refractivity contribution in [1.29, 1.82) is 0 Å². The van der Waals surface area contributed by atoms with Crippen molar-refractivity contribution in [1.82, 2.24) is 20.1 Å². The zero-order valence-electron chi connectivity index (χ0n) is 19.1. The van der Waals surface area contributed by atoms with Gasteiger partial charge in [-0.15, -0.1) is 0 Å². The van der Waals surface area contributed by atoms with Crippen LogP contribution in [0.1, 0.15) is 29.8 Å². The van der Waals surface area contributed by atoms with Crippen LogP contribution in [0, 0.1) is 0 Å². The maximum atomic E-state index is 13.7. The van der Waals surface area contributed by atoms with Crippen molar-refractivity contribution in [3.63, 3.8) is 0 Å². The smallest absolute Gasteiger partial charge is 0.328 e. The minimum atomic E-state index is -1.04. The molecule has 1 saturated heterocycles. The Morgan fingerprint density at radius 3 is 2.82 bits per heavy atom. The van der Waals surface area contributed by atoms with Crippen LogP contribution in [-0.2, 0) is 16.0 Å². The first-order valence-electron chi connectivity index (χ1n) is 11.3. The lowest BCUT2D eigenvalue weighted by Gasteiger charge is -2.42. The predicted molar refractivity (Wildman–Crippen MR) is 132 cm³/mol. The number of phenols is 1. The molecule has 0 aliphatic carbocycles. The Kier molecular flexibility index (Phi) is 5.87. The molecule has 0 radical (unpaired) electrons. The highest BCUT2D eigenvalue weighted by atomic mass is 79.9. The van der Waals surface area contributed by atoms with Crippen molar-refractivity contribution in [2.24, 2.45) is 0 Å². The second kappa shape index (κ2) is 8.72. The summed E-state index contributed by atoms with van der Waals surface area (Å²) in [6, 6.07) is 12.1. The third-order valence-corrected chi connectivity index (χ3v) is 7.30. The van der Waals surface area contributed by atoms with Gasteiger partial charge < -0.3 is 20.1 Å². The number of H-pyrrole nitrogens is 1. The van der Waals surface area contributed by atoms with E-state index in [9.17, 15) is 14.7 Å². The number of hydrogen-bond donors (Lipinski definition) is 3. The number of ether oxygens (including phenoxy) is 1. The van der Waals surface area contributed by atoms with E-state index >= 15 is 0 Å². The highest BCUT2D eigenvalue weighted by Gasteiger charge is 2.60. The molecule has 3 amide bonds. The number of nitrogens with zero attached hydrogens (tertiary/aromatic N) is 2. The number of halogens is 1. The standard InChI is InChI=1S/C25H27BrN4O4/c1-25-14-19-18-13-16(26)6-7-20(18)28-21(19)22(15-4-3-5-17(31)12-15)30(25)24(33)29(23(25)32)10-8-27-9-11-34-2/h3-7,12-13,22,27-28,31H,8-11,14H2,1-2H3. The molecule has 2 unspecified atom stereocenters. The van der Waals surface area contributed by atoms with Crippen molar-refractivity contribution in [3.05, 3.63) is 63.8 Å². The Morgan fingerprint density at radius 1 is 1.24 bits per heavy atom. The van der Waals surface area contributed by atoms with Gasteiger partial charge in [0.25, 0.3) is 5.91 Å². The third kappa shape index (κ3) is 3.59. The molecule has 1 fully saturated rings. The lowest BCUT2D eigenvalue weighted by Crippen LogP contribution is -2.53. The van der Waals surface area contributed by atoms with Crippen LogP contribution in [-0.4, -0.2) is 70.7 Å². The lowest BCUT2D eigenvalue weighted by molar-refractivity contribution is -0.133. The zero-order valence-corrected chi connectivity index (χ0v) is 20.7. The number of benzene rings is 2. The summed E-state index contributed by atoms with van der Waals surface area (Å²) in [5, 5.41) is 14.4. The molecule has 2 aromatic carbocycles. The normalized spacial score (nSPS) is 21.9. The Bertz CT molecular complexity index is 1280. The molecule has 5 rings (SSSR count). The summed E-state index contributed by atoms with van der Waals surface area (Å²) in [6.45, 7) is 3.82. The molecule has 3 aromatic rings. The van der Waals surface area contributed by atoms with Crippen molar-refractivity contribution < 1.29 is 19.4 Å². The van der Waals surface area contributed by atoms with Crippen LogP contribution in [0.3, 0.4) is 0 Å². The summed E-state index contributed by atoms with van der Waals surface area (Å²) in [6.07, 6.45) is 0.409. The molecule has 2 aliphatic rings. The minimum absolute atomic E-state index is 0.113. The van der Waals surface area contributed by atoms with Crippen LogP contribution in [0.2, 0.25) is 0 Å². The second-order valence-electron chi connectivity index (χ2n) is 9.01. The van der Waals surface area contributed by atoms with E-state index in [-0.39, 0.29) is 24.2 Å². The first-order chi connectivity index (χ1) is 16.3. The Balaban J connectivity index is 1.60. The number of rotatable bonds is 7. The Labute approximate surface area is 206 Å². The van der Waals surface area contributed by atoms with Crippen molar-refractivity contribution in [2.45, 2.75) is 24.9 Å². The average Bonchev–Trinajstić information content (AvgIpc) is 3.24. The fourth-order valence-electron chi connectivity index (χ4n) is 5.21. The van der Waals surface area contributed by atoms with E-state index < -0.39 is 11.6 Å². The van der Waals surface area contributed by atoms with Gasteiger partial charge in [0, 0.05) is 54.2 Å². The molecule has 9 heteroatoms. The molecule has 2 aliphatic heterocycles. The first kappa shape index (κ1) is 22.9. The minimum Gasteiger partial charge on any atom is -0.508 e. The van der Waals surface area contributed by atoms with Gasteiger partial charge in [0.1, 0.15) is 17.3 Å². The van der Waals surface area contributed by atoms with Gasteiger partial charge >= 0.3 is 6.03 Å². The molecule has 0 saturated carbocycles. The SMILES string of the molecule is COCCNCCN1C(=O)N2C(c3cccc(O)c3)c3[nH]c4ccc(Br)cc4c3CC2(C)C1=O. The van der Waals surface area contributed by atoms with E-state index in [1.54, 1.807) is 30.2 Å². The van der Waals surface area contributed by atoms with Crippen LogP contribution < -0.4 is 5.32 Å². The summed E-state index contributed by atoms with van der Waals surface area (Å²) in [5.74, 6) is -0.0893. The zero-order chi connectivity index (χ0) is 24.0. The van der Waals surface area contributed by atoms with Crippen LogP contribution in [0.5, 0.6) is 5.75 Å². The van der Waals surface area contributed by atoms with Crippen LogP contribution in [0.25, 0.3) is 10.9 Å². The average molecular weight is 527 g/mol. The van der Waals surface area contributed by atoms with Crippen LogP contribution >= 0.6 is 15.9 Å². The van der Waals surface area contributed by atoms with E-state index in [4.69, 9.17) is 4.74 Å². The Hall–Kier alpha value is -2.88. The molecular formula is C25H27BrN4O4. The van der Waals surface area contributed by atoms with Crippen LogP contribution in [0.15, 0.2) is 46.9 Å². The molecule has 2 atom stereocenters. The number of imide groups is 1. The topological polar surface area (TPSA) is 97.9 Å². The van der Waals surface area contributed by atoms with Gasteiger partial charge in [-0.25, -0.2) is 4.79 Å². The summed E-state index contributed by atoms with van der Waals surface area (Å²) in [7, 11) is 1.63. The quantitative estimate of drug-likeness (QED) is 0.323. The number of carbonyl (C=O) groups is 2. The summed E-state index contributed by atoms with van der Waals surface area (Å²) in [4.78, 5) is 34.0. The number of carbonyl (C=O) groups excluding carboxylic acids is 2. The van der Waals surface area contributed by atoms with Crippen molar-refractivity contribution in [2.75, 3.05) is 33.4 Å². The fourth-order valence-corrected chi connectivity index (χ4v) is 5.57. The number of nitrogens with one attached hydrogen (secondary N) is 2. The molecule has 178 valence electrons. The van der Waals surface area contributed by atoms with Crippen LogP contribution in [0.4, 0.5) is 4.79 Å². The van der Waals surface area contributed by atoms with Crippen molar-refractivity contribution >= 4 is 38.8 Å². The van der Waals surface area contributed by atoms with Gasteiger partial charge in [-0.3, -0.25) is 14.6 Å². The lowest BCUT2D eigenvalue weighted by atomic mass is 9.81. The predicted octanol–water partition coefficient (Wildman–Crippen LogP) is 3.54. The van der Waals surface area contributed by atoms with E-state index in [1.807, 2.05) is 31.2 Å².